The molecule has 1 unspecified atom stereocenters. The van der Waals surface area contributed by atoms with Crippen molar-refractivity contribution < 1.29 is 16.8 Å². The zero-order valence-electron chi connectivity index (χ0n) is 12.6. The Kier molecular flexibility index (Phi) is 5.67. The Morgan fingerprint density at radius 2 is 1.81 bits per heavy atom. The third-order valence-corrected chi connectivity index (χ3v) is 8.64. The molecule has 0 aromatic heterocycles. The molecule has 0 amide bonds. The minimum atomic E-state index is -3.37. The van der Waals surface area contributed by atoms with E-state index in [1.165, 1.54) is 17.1 Å². The van der Waals surface area contributed by atoms with Crippen LogP contribution in [0.2, 0.25) is 0 Å². The van der Waals surface area contributed by atoms with Crippen molar-refractivity contribution in [3.63, 3.8) is 0 Å². The fourth-order valence-corrected chi connectivity index (χ4v) is 6.55. The molecule has 0 saturated carbocycles. The Balaban J connectivity index is 1.86. The molecule has 0 spiro atoms. The second-order valence-corrected chi connectivity index (χ2v) is 10.8. The van der Waals surface area contributed by atoms with Gasteiger partial charge in [0.05, 0.1) is 16.8 Å². The monoisotopic (exact) mass is 338 g/mol. The van der Waals surface area contributed by atoms with Gasteiger partial charge in [0, 0.05) is 19.6 Å². The number of sulfonamides is 1. The second-order valence-electron chi connectivity index (χ2n) is 6.15. The van der Waals surface area contributed by atoms with Crippen LogP contribution < -0.4 is 5.32 Å². The molecule has 2 heterocycles. The van der Waals surface area contributed by atoms with E-state index in [0.29, 0.717) is 12.6 Å². The molecule has 0 aliphatic carbocycles. The molecule has 2 aliphatic heterocycles. The molecule has 2 rings (SSSR count). The van der Waals surface area contributed by atoms with Crippen molar-refractivity contribution in [1.82, 2.24) is 9.62 Å². The lowest BCUT2D eigenvalue weighted by molar-refractivity contribution is 0.349. The van der Waals surface area contributed by atoms with Crippen LogP contribution in [0.25, 0.3) is 0 Å². The van der Waals surface area contributed by atoms with Gasteiger partial charge in [0.25, 0.3) is 0 Å². The van der Waals surface area contributed by atoms with E-state index in [1.54, 1.807) is 7.05 Å². The molecule has 1 N–H and O–H groups in total. The van der Waals surface area contributed by atoms with Crippen LogP contribution in [0.15, 0.2) is 0 Å². The third-order valence-electron chi connectivity index (χ3n) is 4.56. The Labute approximate surface area is 128 Å². The molecular formula is C13H26N2O4S2. The van der Waals surface area contributed by atoms with Crippen molar-refractivity contribution in [1.29, 1.82) is 0 Å². The molecule has 21 heavy (non-hydrogen) atoms. The summed E-state index contributed by atoms with van der Waals surface area (Å²) in [4.78, 5) is 0. The van der Waals surface area contributed by atoms with E-state index in [9.17, 15) is 16.8 Å². The van der Waals surface area contributed by atoms with Gasteiger partial charge in [0.1, 0.15) is 9.84 Å². The van der Waals surface area contributed by atoms with Gasteiger partial charge in [0.2, 0.25) is 10.0 Å². The molecular weight excluding hydrogens is 312 g/mol. The molecule has 124 valence electrons. The maximum absolute atomic E-state index is 12.5. The number of nitrogens with one attached hydrogen (secondary N) is 1. The van der Waals surface area contributed by atoms with Gasteiger partial charge in [-0.05, 0) is 38.6 Å². The van der Waals surface area contributed by atoms with Gasteiger partial charge in [-0.1, -0.05) is 6.42 Å². The largest absolute Gasteiger partial charge is 0.314 e. The summed E-state index contributed by atoms with van der Waals surface area (Å²) in [5, 5.41) is 2.88. The molecule has 2 aliphatic rings. The first kappa shape index (κ1) is 17.2. The van der Waals surface area contributed by atoms with E-state index in [4.69, 9.17) is 0 Å². The van der Waals surface area contributed by atoms with Crippen LogP contribution in [0.3, 0.4) is 0 Å². The predicted molar refractivity (Wildman–Crippen MR) is 83.5 cm³/mol. The molecule has 0 bridgehead atoms. The molecule has 1 atom stereocenters. The van der Waals surface area contributed by atoms with Crippen molar-refractivity contribution in [3.05, 3.63) is 0 Å². The summed E-state index contributed by atoms with van der Waals surface area (Å²) < 4.78 is 49.2. The maximum Gasteiger partial charge on any atom is 0.216 e. The molecule has 6 nitrogen and oxygen atoms in total. The summed E-state index contributed by atoms with van der Waals surface area (Å²) in [6.45, 7) is 1.52. The highest BCUT2D eigenvalue weighted by molar-refractivity contribution is 7.92. The fraction of sp³-hybridized carbons (Fsp3) is 1.00. The first-order valence-electron chi connectivity index (χ1n) is 7.70. The molecule has 0 aromatic rings. The Morgan fingerprint density at radius 1 is 1.14 bits per heavy atom. The summed E-state index contributed by atoms with van der Waals surface area (Å²) in [6, 6.07) is 0.406. The lowest BCUT2D eigenvalue weighted by atomic mass is 10.0. The van der Waals surface area contributed by atoms with E-state index in [1.807, 2.05) is 0 Å². The van der Waals surface area contributed by atoms with E-state index in [-0.39, 0.29) is 24.3 Å². The average Bonchev–Trinajstić information content (AvgIpc) is 2.45. The Bertz CT molecular complexity index is 525. The Morgan fingerprint density at radius 3 is 2.38 bits per heavy atom. The van der Waals surface area contributed by atoms with Crippen molar-refractivity contribution in [2.75, 3.05) is 31.6 Å². The summed E-state index contributed by atoms with van der Waals surface area (Å²) in [6.07, 6.45) is 4.79. The maximum atomic E-state index is 12.5. The number of piperidine rings is 1. The first-order chi connectivity index (χ1) is 9.81. The average molecular weight is 338 g/mol. The van der Waals surface area contributed by atoms with Gasteiger partial charge in [-0.3, -0.25) is 0 Å². The van der Waals surface area contributed by atoms with Crippen LogP contribution in [0.4, 0.5) is 0 Å². The van der Waals surface area contributed by atoms with Gasteiger partial charge < -0.3 is 5.32 Å². The summed E-state index contributed by atoms with van der Waals surface area (Å²) in [7, 11) is -4.78. The van der Waals surface area contributed by atoms with E-state index >= 15 is 0 Å². The SMILES string of the molecule is CN(CCC1CCCCN1)S(=O)(=O)C1CCS(=O)(=O)CC1. The smallest absolute Gasteiger partial charge is 0.216 e. The zero-order valence-corrected chi connectivity index (χ0v) is 14.3. The van der Waals surface area contributed by atoms with Gasteiger partial charge in [-0.15, -0.1) is 0 Å². The van der Waals surface area contributed by atoms with Crippen LogP contribution in [0, 0.1) is 0 Å². The molecule has 0 radical (unpaired) electrons. The first-order valence-corrected chi connectivity index (χ1v) is 11.0. The van der Waals surface area contributed by atoms with Crippen LogP contribution in [-0.4, -0.2) is 64.1 Å². The quantitative estimate of drug-likeness (QED) is 0.782. The highest BCUT2D eigenvalue weighted by Crippen LogP contribution is 2.22. The highest BCUT2D eigenvalue weighted by atomic mass is 32.2. The zero-order chi connectivity index (χ0) is 15.5. The normalized spacial score (nSPS) is 27.8. The van der Waals surface area contributed by atoms with Crippen LogP contribution >= 0.6 is 0 Å². The van der Waals surface area contributed by atoms with Crippen molar-refractivity contribution >= 4 is 19.9 Å². The number of hydrogen-bond acceptors (Lipinski definition) is 5. The fourth-order valence-electron chi connectivity index (χ4n) is 3.06. The van der Waals surface area contributed by atoms with Crippen molar-refractivity contribution in [2.24, 2.45) is 0 Å². The van der Waals surface area contributed by atoms with Gasteiger partial charge in [-0.25, -0.2) is 21.1 Å². The summed E-state index contributed by atoms with van der Waals surface area (Å²) in [5.74, 6) is -0.0101. The molecule has 2 saturated heterocycles. The number of nitrogens with zero attached hydrogens (tertiary/aromatic N) is 1. The number of sulfone groups is 1. The van der Waals surface area contributed by atoms with Gasteiger partial charge >= 0.3 is 0 Å². The minimum Gasteiger partial charge on any atom is -0.314 e. The van der Waals surface area contributed by atoms with E-state index in [0.717, 1.165) is 19.4 Å². The predicted octanol–water partition coefficient (Wildman–Crippen LogP) is 0.357. The van der Waals surface area contributed by atoms with Gasteiger partial charge in [-0.2, -0.15) is 0 Å². The second kappa shape index (κ2) is 6.93. The van der Waals surface area contributed by atoms with Crippen molar-refractivity contribution in [2.45, 2.75) is 49.8 Å². The number of rotatable bonds is 5. The van der Waals surface area contributed by atoms with Crippen LogP contribution in [0.5, 0.6) is 0 Å². The molecule has 0 aromatic carbocycles. The molecule has 2 fully saturated rings. The topological polar surface area (TPSA) is 83.6 Å². The van der Waals surface area contributed by atoms with Gasteiger partial charge in [0.15, 0.2) is 0 Å². The Hall–Kier alpha value is -0.180. The third kappa shape index (κ3) is 4.64. The van der Waals surface area contributed by atoms with Crippen LogP contribution in [-0.2, 0) is 19.9 Å². The van der Waals surface area contributed by atoms with Crippen molar-refractivity contribution in [3.8, 4) is 0 Å². The highest BCUT2D eigenvalue weighted by Gasteiger charge is 2.35. The van der Waals surface area contributed by atoms with E-state index in [2.05, 4.69) is 5.32 Å². The lowest BCUT2D eigenvalue weighted by Crippen LogP contribution is -2.43. The summed E-state index contributed by atoms with van der Waals surface area (Å²) in [5.41, 5.74) is 0. The molecule has 8 heteroatoms. The standard InChI is InChI=1S/C13H26N2O4S2/c1-15(9-5-12-4-2-3-8-14-12)21(18,19)13-6-10-20(16,17)11-7-13/h12-14H,2-11H2,1H3. The minimum absolute atomic E-state index is 0.00504. The summed E-state index contributed by atoms with van der Waals surface area (Å²) >= 11 is 0. The number of hydrogen-bond donors (Lipinski definition) is 1. The lowest BCUT2D eigenvalue weighted by Gasteiger charge is -2.29. The van der Waals surface area contributed by atoms with E-state index < -0.39 is 25.1 Å². The van der Waals surface area contributed by atoms with Crippen LogP contribution in [0.1, 0.15) is 38.5 Å².